The highest BCUT2D eigenvalue weighted by Crippen LogP contribution is 1.99. The van der Waals surface area contributed by atoms with Gasteiger partial charge in [-0.2, -0.15) is 5.10 Å². The predicted molar refractivity (Wildman–Crippen MR) is 62.7 cm³/mol. The van der Waals surface area contributed by atoms with Crippen LogP contribution in [0.2, 0.25) is 0 Å². The van der Waals surface area contributed by atoms with Gasteiger partial charge in [0.05, 0.1) is 0 Å². The molecule has 6 nitrogen and oxygen atoms in total. The Balaban J connectivity index is 2.75. The van der Waals surface area contributed by atoms with Gasteiger partial charge in [-0.3, -0.25) is 9.59 Å². The maximum atomic E-state index is 11.8. The van der Waals surface area contributed by atoms with Gasteiger partial charge in [0.1, 0.15) is 5.69 Å². The summed E-state index contributed by atoms with van der Waals surface area (Å²) in [6.45, 7) is 1.95. The van der Waals surface area contributed by atoms with Gasteiger partial charge in [-0.1, -0.05) is 6.92 Å². The molecule has 1 amide bonds. The SMILES string of the molecule is CCC(CCO)NC(=O)c1ccc(=O)n(C)n1. The average Bonchev–Trinajstić information content (AvgIpc) is 2.31. The van der Waals surface area contributed by atoms with Crippen LogP contribution in [-0.4, -0.2) is 33.4 Å². The van der Waals surface area contributed by atoms with Gasteiger partial charge in [0.25, 0.3) is 11.5 Å². The lowest BCUT2D eigenvalue weighted by Crippen LogP contribution is -2.36. The molecule has 0 aliphatic heterocycles. The molecule has 0 aliphatic carbocycles. The number of hydrogen-bond acceptors (Lipinski definition) is 4. The van der Waals surface area contributed by atoms with Crippen molar-refractivity contribution >= 4 is 5.91 Å². The highest BCUT2D eigenvalue weighted by Gasteiger charge is 2.13. The van der Waals surface area contributed by atoms with E-state index in [1.165, 1.54) is 19.2 Å². The number of aliphatic hydroxyl groups excluding tert-OH is 1. The smallest absolute Gasteiger partial charge is 0.271 e. The summed E-state index contributed by atoms with van der Waals surface area (Å²) in [5.41, 5.74) is -0.0626. The number of aliphatic hydroxyl groups is 1. The van der Waals surface area contributed by atoms with Crippen molar-refractivity contribution in [1.82, 2.24) is 15.1 Å². The number of aromatic nitrogens is 2. The molecule has 2 N–H and O–H groups in total. The zero-order valence-corrected chi connectivity index (χ0v) is 10.0. The molecule has 0 aliphatic rings. The first-order valence-corrected chi connectivity index (χ1v) is 5.54. The van der Waals surface area contributed by atoms with E-state index in [9.17, 15) is 9.59 Å². The molecule has 1 aromatic rings. The van der Waals surface area contributed by atoms with E-state index in [0.29, 0.717) is 6.42 Å². The Morgan fingerprint density at radius 1 is 1.59 bits per heavy atom. The van der Waals surface area contributed by atoms with Crippen molar-refractivity contribution in [2.45, 2.75) is 25.8 Å². The minimum Gasteiger partial charge on any atom is -0.396 e. The third-order valence-corrected chi connectivity index (χ3v) is 2.50. The van der Waals surface area contributed by atoms with Gasteiger partial charge in [0.2, 0.25) is 0 Å². The molecule has 17 heavy (non-hydrogen) atoms. The Morgan fingerprint density at radius 2 is 2.29 bits per heavy atom. The Morgan fingerprint density at radius 3 is 2.82 bits per heavy atom. The van der Waals surface area contributed by atoms with Crippen molar-refractivity contribution in [3.63, 3.8) is 0 Å². The lowest BCUT2D eigenvalue weighted by atomic mass is 10.1. The van der Waals surface area contributed by atoms with Gasteiger partial charge < -0.3 is 10.4 Å². The highest BCUT2D eigenvalue weighted by atomic mass is 16.3. The molecular weight excluding hydrogens is 222 g/mol. The molecule has 0 radical (unpaired) electrons. The van der Waals surface area contributed by atoms with E-state index >= 15 is 0 Å². The van der Waals surface area contributed by atoms with E-state index in [1.807, 2.05) is 6.92 Å². The van der Waals surface area contributed by atoms with E-state index in [0.717, 1.165) is 11.1 Å². The van der Waals surface area contributed by atoms with Gasteiger partial charge in [-0.15, -0.1) is 0 Å². The Kier molecular flexibility index (Phi) is 4.84. The Bertz CT molecular complexity index is 442. The standard InChI is InChI=1S/C11H17N3O3/c1-3-8(6-7-15)12-11(17)9-4-5-10(16)14(2)13-9/h4-5,8,15H,3,6-7H2,1-2H3,(H,12,17). The topological polar surface area (TPSA) is 84.2 Å². The maximum absolute atomic E-state index is 11.8. The van der Waals surface area contributed by atoms with Crippen LogP contribution in [0.3, 0.4) is 0 Å². The normalized spacial score (nSPS) is 12.2. The molecule has 1 heterocycles. The van der Waals surface area contributed by atoms with E-state index in [4.69, 9.17) is 5.11 Å². The van der Waals surface area contributed by atoms with E-state index in [1.54, 1.807) is 0 Å². The number of nitrogens with one attached hydrogen (secondary N) is 1. The monoisotopic (exact) mass is 239 g/mol. The third-order valence-electron chi connectivity index (χ3n) is 2.50. The van der Waals surface area contributed by atoms with Crippen LogP contribution in [0.1, 0.15) is 30.3 Å². The van der Waals surface area contributed by atoms with Crippen molar-refractivity contribution in [1.29, 1.82) is 0 Å². The van der Waals surface area contributed by atoms with Crippen molar-refractivity contribution in [2.75, 3.05) is 6.61 Å². The number of amides is 1. The second-order valence-corrected chi connectivity index (χ2v) is 3.77. The number of carbonyl (C=O) groups excluding carboxylic acids is 1. The number of aryl methyl sites for hydroxylation is 1. The Hall–Kier alpha value is -1.69. The number of rotatable bonds is 5. The fourth-order valence-electron chi connectivity index (χ4n) is 1.42. The molecule has 0 aromatic carbocycles. The fraction of sp³-hybridized carbons (Fsp3) is 0.545. The molecule has 0 saturated carbocycles. The molecule has 94 valence electrons. The highest BCUT2D eigenvalue weighted by molar-refractivity contribution is 5.92. The minimum atomic E-state index is -0.332. The fourth-order valence-corrected chi connectivity index (χ4v) is 1.42. The average molecular weight is 239 g/mol. The third kappa shape index (κ3) is 3.67. The first kappa shape index (κ1) is 13.4. The largest absolute Gasteiger partial charge is 0.396 e. The minimum absolute atomic E-state index is 0.0273. The summed E-state index contributed by atoms with van der Waals surface area (Å²) < 4.78 is 1.11. The second kappa shape index (κ2) is 6.15. The summed E-state index contributed by atoms with van der Waals surface area (Å²) in [5.74, 6) is -0.332. The summed E-state index contributed by atoms with van der Waals surface area (Å²) in [4.78, 5) is 22.9. The quantitative estimate of drug-likeness (QED) is 0.737. The van der Waals surface area contributed by atoms with Gasteiger partial charge in [0.15, 0.2) is 0 Å². The molecule has 1 unspecified atom stereocenters. The van der Waals surface area contributed by atoms with Crippen LogP contribution in [0.15, 0.2) is 16.9 Å². The van der Waals surface area contributed by atoms with Gasteiger partial charge in [-0.25, -0.2) is 4.68 Å². The van der Waals surface area contributed by atoms with Crippen LogP contribution < -0.4 is 10.9 Å². The Labute approximate surface area is 99.3 Å². The van der Waals surface area contributed by atoms with Crippen LogP contribution in [-0.2, 0) is 7.05 Å². The first-order valence-electron chi connectivity index (χ1n) is 5.54. The number of nitrogens with zero attached hydrogens (tertiary/aromatic N) is 2. The van der Waals surface area contributed by atoms with Crippen molar-refractivity contribution in [3.8, 4) is 0 Å². The van der Waals surface area contributed by atoms with Crippen LogP contribution in [0.4, 0.5) is 0 Å². The molecule has 0 bridgehead atoms. The molecule has 0 fully saturated rings. The molecular formula is C11H17N3O3. The van der Waals surface area contributed by atoms with Crippen LogP contribution in [0.25, 0.3) is 0 Å². The van der Waals surface area contributed by atoms with Crippen LogP contribution in [0, 0.1) is 0 Å². The van der Waals surface area contributed by atoms with Crippen molar-refractivity contribution in [3.05, 3.63) is 28.2 Å². The lowest BCUT2D eigenvalue weighted by molar-refractivity contribution is 0.0921. The van der Waals surface area contributed by atoms with Crippen LogP contribution in [0.5, 0.6) is 0 Å². The molecule has 0 saturated heterocycles. The molecule has 6 heteroatoms. The van der Waals surface area contributed by atoms with E-state index in [-0.39, 0.29) is 29.8 Å². The molecule has 1 atom stereocenters. The maximum Gasteiger partial charge on any atom is 0.271 e. The van der Waals surface area contributed by atoms with Gasteiger partial charge in [0, 0.05) is 25.8 Å². The van der Waals surface area contributed by atoms with Crippen LogP contribution >= 0.6 is 0 Å². The number of carbonyl (C=O) groups is 1. The summed E-state index contributed by atoms with van der Waals surface area (Å²) in [7, 11) is 1.49. The predicted octanol–water partition coefficient (Wildman–Crippen LogP) is -0.329. The van der Waals surface area contributed by atoms with Crippen molar-refractivity contribution < 1.29 is 9.90 Å². The van der Waals surface area contributed by atoms with Gasteiger partial charge in [-0.05, 0) is 18.9 Å². The zero-order chi connectivity index (χ0) is 12.8. The number of hydrogen-bond donors (Lipinski definition) is 2. The summed E-state index contributed by atoms with van der Waals surface area (Å²) in [6, 6.07) is 2.62. The zero-order valence-electron chi connectivity index (χ0n) is 10.0. The summed E-state index contributed by atoms with van der Waals surface area (Å²) >= 11 is 0. The first-order chi connectivity index (χ1) is 8.08. The molecule has 0 spiro atoms. The lowest BCUT2D eigenvalue weighted by Gasteiger charge is -2.15. The second-order valence-electron chi connectivity index (χ2n) is 3.77. The molecule has 1 aromatic heterocycles. The van der Waals surface area contributed by atoms with Gasteiger partial charge >= 0.3 is 0 Å². The summed E-state index contributed by atoms with van der Waals surface area (Å²) in [6.07, 6.45) is 1.24. The van der Waals surface area contributed by atoms with E-state index < -0.39 is 0 Å². The summed E-state index contributed by atoms with van der Waals surface area (Å²) in [5, 5.41) is 15.4. The molecule has 1 rings (SSSR count). The van der Waals surface area contributed by atoms with Crippen molar-refractivity contribution in [2.24, 2.45) is 7.05 Å². The van der Waals surface area contributed by atoms with E-state index in [2.05, 4.69) is 10.4 Å².